The van der Waals surface area contributed by atoms with Crippen molar-refractivity contribution >= 4 is 12.1 Å². The van der Waals surface area contributed by atoms with E-state index < -0.39 is 18.3 Å². The van der Waals surface area contributed by atoms with Crippen molar-refractivity contribution in [3.63, 3.8) is 0 Å². The van der Waals surface area contributed by atoms with E-state index in [2.05, 4.69) is 4.84 Å². The van der Waals surface area contributed by atoms with Gasteiger partial charge in [-0.3, -0.25) is 4.79 Å². The van der Waals surface area contributed by atoms with Gasteiger partial charge >= 0.3 is 6.16 Å². The van der Waals surface area contributed by atoms with Crippen LogP contribution in [0.1, 0.15) is 12.8 Å². The number of hydroxylamine groups is 2. The van der Waals surface area contributed by atoms with Gasteiger partial charge in [0, 0.05) is 12.8 Å². The molecule has 1 saturated heterocycles. The average Bonchev–Trinajstić information content (AvgIpc) is 2.18. The van der Waals surface area contributed by atoms with E-state index in [1.54, 1.807) is 0 Å². The van der Waals surface area contributed by atoms with E-state index >= 15 is 0 Å². The van der Waals surface area contributed by atoms with E-state index in [0.29, 0.717) is 5.06 Å². The van der Waals surface area contributed by atoms with Crippen LogP contribution in [0.4, 0.5) is 4.79 Å². The molecule has 1 heterocycles. The van der Waals surface area contributed by atoms with Gasteiger partial charge in [-0.15, -0.1) is 5.06 Å². The second-order valence-electron chi connectivity index (χ2n) is 2.10. The molecular formula is C5H7NO5. The summed E-state index contributed by atoms with van der Waals surface area (Å²) in [7, 11) is 0. The average molecular weight is 161 g/mol. The first-order chi connectivity index (χ1) is 5.11. The van der Waals surface area contributed by atoms with Gasteiger partial charge in [-0.2, -0.15) is 0 Å². The van der Waals surface area contributed by atoms with Crippen LogP contribution in [0, 0.1) is 0 Å². The third-order valence-electron chi connectivity index (χ3n) is 1.31. The highest BCUT2D eigenvalue weighted by molar-refractivity contribution is 5.78. The van der Waals surface area contributed by atoms with E-state index in [1.807, 2.05) is 0 Å². The monoisotopic (exact) mass is 161 g/mol. The molecule has 62 valence electrons. The molecule has 11 heavy (non-hydrogen) atoms. The number of carbonyl (C=O) groups excluding carboxylic acids is 1. The number of rotatable bonds is 1. The Kier molecular flexibility index (Phi) is 1.95. The quantitative estimate of drug-likeness (QED) is 0.543. The minimum atomic E-state index is -1.60. The summed E-state index contributed by atoms with van der Waals surface area (Å²) >= 11 is 0. The van der Waals surface area contributed by atoms with E-state index in [4.69, 9.17) is 10.2 Å². The lowest BCUT2D eigenvalue weighted by atomic mass is 10.4. The van der Waals surface area contributed by atoms with E-state index in [9.17, 15) is 9.59 Å². The summed E-state index contributed by atoms with van der Waals surface area (Å²) in [5.41, 5.74) is 0. The van der Waals surface area contributed by atoms with Gasteiger partial charge in [0.05, 0.1) is 0 Å². The molecular weight excluding hydrogens is 154 g/mol. The molecule has 2 N–H and O–H groups in total. The Morgan fingerprint density at radius 3 is 2.73 bits per heavy atom. The molecule has 0 aromatic rings. The van der Waals surface area contributed by atoms with Gasteiger partial charge in [-0.1, -0.05) is 0 Å². The predicted molar refractivity (Wildman–Crippen MR) is 31.2 cm³/mol. The van der Waals surface area contributed by atoms with Crippen molar-refractivity contribution in [1.29, 1.82) is 0 Å². The van der Waals surface area contributed by atoms with Crippen molar-refractivity contribution in [1.82, 2.24) is 5.06 Å². The Morgan fingerprint density at radius 1 is 1.73 bits per heavy atom. The topological polar surface area (TPSA) is 87.1 Å². The highest BCUT2D eigenvalue weighted by atomic mass is 16.8. The van der Waals surface area contributed by atoms with Gasteiger partial charge in [0.25, 0.3) is 5.91 Å². The fourth-order valence-electron chi connectivity index (χ4n) is 0.842. The molecule has 0 radical (unpaired) electrons. The number of amides is 1. The van der Waals surface area contributed by atoms with Crippen LogP contribution in [0.2, 0.25) is 0 Å². The minimum absolute atomic E-state index is 0.119. The van der Waals surface area contributed by atoms with Gasteiger partial charge in [-0.25, -0.2) is 4.79 Å². The molecule has 1 amide bonds. The van der Waals surface area contributed by atoms with Crippen LogP contribution in [0.15, 0.2) is 0 Å². The van der Waals surface area contributed by atoms with Crippen molar-refractivity contribution in [2.45, 2.75) is 19.1 Å². The zero-order valence-corrected chi connectivity index (χ0v) is 5.56. The summed E-state index contributed by atoms with van der Waals surface area (Å²) in [5.74, 6) is -0.514. The number of aliphatic hydroxyl groups excluding tert-OH is 1. The summed E-state index contributed by atoms with van der Waals surface area (Å²) in [5, 5.41) is 17.5. The first-order valence-electron chi connectivity index (χ1n) is 3.02. The minimum Gasteiger partial charge on any atom is -0.448 e. The predicted octanol–water partition coefficient (Wildman–Crippen LogP) is -0.463. The molecule has 0 bridgehead atoms. The van der Waals surface area contributed by atoms with Gasteiger partial charge in [0.15, 0.2) is 6.23 Å². The zero-order valence-electron chi connectivity index (χ0n) is 5.56. The van der Waals surface area contributed by atoms with Crippen LogP contribution in [0.5, 0.6) is 0 Å². The Hall–Kier alpha value is -1.30. The first kappa shape index (κ1) is 7.80. The van der Waals surface area contributed by atoms with Gasteiger partial charge in [0.2, 0.25) is 0 Å². The smallest absolute Gasteiger partial charge is 0.448 e. The van der Waals surface area contributed by atoms with Gasteiger partial charge in [0.1, 0.15) is 0 Å². The fraction of sp³-hybridized carbons (Fsp3) is 0.600. The number of carbonyl (C=O) groups is 2. The summed E-state index contributed by atoms with van der Waals surface area (Å²) in [6.07, 6.45) is -2.39. The second-order valence-corrected chi connectivity index (χ2v) is 2.10. The summed E-state index contributed by atoms with van der Waals surface area (Å²) in [6.45, 7) is 0. The molecule has 0 aromatic carbocycles. The largest absolute Gasteiger partial charge is 0.531 e. The van der Waals surface area contributed by atoms with Crippen LogP contribution in [-0.4, -0.2) is 33.6 Å². The molecule has 1 aliphatic heterocycles. The molecule has 6 nitrogen and oxygen atoms in total. The number of hydrogen-bond acceptors (Lipinski definition) is 4. The van der Waals surface area contributed by atoms with Crippen LogP contribution in [0.3, 0.4) is 0 Å². The molecule has 6 heteroatoms. The number of nitrogens with zero attached hydrogens (tertiary/aromatic N) is 1. The molecule has 1 unspecified atom stereocenters. The van der Waals surface area contributed by atoms with Crippen molar-refractivity contribution < 1.29 is 24.6 Å². The van der Waals surface area contributed by atoms with Crippen LogP contribution in [0.25, 0.3) is 0 Å². The van der Waals surface area contributed by atoms with Crippen molar-refractivity contribution in [2.24, 2.45) is 0 Å². The standard InChI is InChI=1S/C5H7NO5/c7-3-1-2-4(8)6(3)11-5(9)10/h3,7H,1-2H2,(H,9,10). The third kappa shape index (κ3) is 1.58. The maximum absolute atomic E-state index is 10.7. The molecule has 1 atom stereocenters. The van der Waals surface area contributed by atoms with E-state index in [-0.39, 0.29) is 12.8 Å². The van der Waals surface area contributed by atoms with Crippen molar-refractivity contribution in [3.8, 4) is 0 Å². The molecule has 0 saturated carbocycles. The van der Waals surface area contributed by atoms with Crippen LogP contribution in [-0.2, 0) is 9.63 Å². The first-order valence-corrected chi connectivity index (χ1v) is 3.02. The molecule has 0 spiro atoms. The van der Waals surface area contributed by atoms with Crippen LogP contribution >= 0.6 is 0 Å². The maximum atomic E-state index is 10.7. The lowest BCUT2D eigenvalue weighted by Gasteiger charge is -2.15. The SMILES string of the molecule is O=C(O)ON1C(=O)CCC1O. The zero-order chi connectivity index (χ0) is 8.43. The molecule has 1 aliphatic rings. The summed E-state index contributed by atoms with van der Waals surface area (Å²) in [6, 6.07) is 0. The third-order valence-corrected chi connectivity index (χ3v) is 1.31. The lowest BCUT2D eigenvalue weighted by Crippen LogP contribution is -2.34. The molecule has 1 rings (SSSR count). The number of aliphatic hydroxyl groups is 1. The fourth-order valence-corrected chi connectivity index (χ4v) is 0.842. The van der Waals surface area contributed by atoms with Crippen molar-refractivity contribution in [2.75, 3.05) is 0 Å². The Bertz CT molecular complexity index is 191. The number of carboxylic acid groups (broad SMARTS) is 1. The maximum Gasteiger partial charge on any atom is 0.531 e. The van der Waals surface area contributed by atoms with Crippen LogP contribution < -0.4 is 0 Å². The summed E-state index contributed by atoms with van der Waals surface area (Å²) < 4.78 is 0. The molecule has 1 fully saturated rings. The Morgan fingerprint density at radius 2 is 2.36 bits per heavy atom. The Balaban J connectivity index is 2.54. The molecule has 0 aromatic heterocycles. The number of hydrogen-bond donors (Lipinski definition) is 2. The van der Waals surface area contributed by atoms with Gasteiger partial charge in [-0.05, 0) is 0 Å². The lowest BCUT2D eigenvalue weighted by molar-refractivity contribution is -0.196. The highest BCUT2D eigenvalue weighted by Crippen LogP contribution is 2.16. The van der Waals surface area contributed by atoms with E-state index in [0.717, 1.165) is 0 Å². The Labute approximate surface area is 61.9 Å². The van der Waals surface area contributed by atoms with E-state index in [1.165, 1.54) is 0 Å². The van der Waals surface area contributed by atoms with Crippen molar-refractivity contribution in [3.05, 3.63) is 0 Å². The van der Waals surface area contributed by atoms with Gasteiger partial charge < -0.3 is 15.1 Å². The molecule has 0 aliphatic carbocycles. The highest BCUT2D eigenvalue weighted by Gasteiger charge is 2.32. The summed E-state index contributed by atoms with van der Waals surface area (Å²) in [4.78, 5) is 24.6. The normalized spacial score (nSPS) is 23.9. The second kappa shape index (κ2) is 2.75.